The van der Waals surface area contributed by atoms with Gasteiger partial charge in [-0.3, -0.25) is 4.79 Å². The van der Waals surface area contributed by atoms with Crippen molar-refractivity contribution in [3.63, 3.8) is 0 Å². The van der Waals surface area contributed by atoms with E-state index in [1.54, 1.807) is 11.3 Å². The minimum absolute atomic E-state index is 0.196. The predicted octanol–water partition coefficient (Wildman–Crippen LogP) is 3.75. The normalized spacial score (nSPS) is 14.4. The first kappa shape index (κ1) is 17.9. The minimum atomic E-state index is 0.196. The first-order valence-corrected chi connectivity index (χ1v) is 10.1. The molecule has 0 aliphatic carbocycles. The largest absolute Gasteiger partial charge is 0.352 e. The number of carbonyl (C=O) groups is 1. The number of nitrogens with zero attached hydrogens (tertiary/aromatic N) is 4. The highest BCUT2D eigenvalue weighted by Gasteiger charge is 2.22. The number of carbonyl (C=O) groups excluding carboxylic acids is 1. The fourth-order valence-corrected chi connectivity index (χ4v) is 3.95. The third-order valence-corrected chi connectivity index (χ3v) is 5.78. The second-order valence-corrected chi connectivity index (χ2v) is 7.88. The highest BCUT2D eigenvalue weighted by molar-refractivity contribution is 7.10. The molecule has 1 aromatic carbocycles. The van der Waals surface area contributed by atoms with E-state index in [1.165, 1.54) is 0 Å². The maximum atomic E-state index is 12.4. The van der Waals surface area contributed by atoms with E-state index < -0.39 is 0 Å². The quantitative estimate of drug-likeness (QED) is 0.671. The Balaban J connectivity index is 1.35. The number of benzene rings is 1. The second kappa shape index (κ2) is 8.06. The average molecular weight is 399 g/mol. The van der Waals surface area contributed by atoms with Gasteiger partial charge in [0.05, 0.1) is 12.1 Å². The van der Waals surface area contributed by atoms with Crippen LogP contribution in [-0.2, 0) is 11.2 Å². The van der Waals surface area contributed by atoms with E-state index in [-0.39, 0.29) is 5.91 Å². The molecule has 0 bridgehead atoms. The third kappa shape index (κ3) is 4.28. The fraction of sp³-hybridized carbons (Fsp3) is 0.250. The molecule has 0 atom stereocenters. The van der Waals surface area contributed by atoms with Crippen molar-refractivity contribution < 1.29 is 4.79 Å². The van der Waals surface area contributed by atoms with Crippen molar-refractivity contribution in [2.75, 3.05) is 31.1 Å². The lowest BCUT2D eigenvalue weighted by Gasteiger charge is -2.35. The summed E-state index contributed by atoms with van der Waals surface area (Å²) in [6.07, 6.45) is 0.493. The van der Waals surface area contributed by atoms with E-state index in [4.69, 9.17) is 11.6 Å². The Morgan fingerprint density at radius 2 is 1.78 bits per heavy atom. The van der Waals surface area contributed by atoms with Gasteiger partial charge in [0.1, 0.15) is 0 Å². The van der Waals surface area contributed by atoms with E-state index in [2.05, 4.69) is 15.1 Å². The van der Waals surface area contributed by atoms with E-state index in [0.717, 1.165) is 35.0 Å². The molecule has 4 rings (SSSR count). The summed E-state index contributed by atoms with van der Waals surface area (Å²) < 4.78 is 0. The van der Waals surface area contributed by atoms with Gasteiger partial charge in [0.2, 0.25) is 5.91 Å². The molecule has 1 aliphatic heterocycles. The molecule has 1 fully saturated rings. The Kier molecular flexibility index (Phi) is 5.36. The van der Waals surface area contributed by atoms with Gasteiger partial charge in [0.25, 0.3) is 0 Å². The van der Waals surface area contributed by atoms with Gasteiger partial charge < -0.3 is 9.80 Å². The lowest BCUT2D eigenvalue weighted by molar-refractivity contribution is -0.130. The van der Waals surface area contributed by atoms with Crippen LogP contribution in [0.1, 0.15) is 4.88 Å². The molecule has 5 nitrogen and oxygen atoms in total. The lowest BCUT2D eigenvalue weighted by atomic mass is 10.1. The van der Waals surface area contributed by atoms with Crippen molar-refractivity contribution in [3.05, 3.63) is 63.8 Å². The number of anilines is 1. The van der Waals surface area contributed by atoms with Gasteiger partial charge in [-0.05, 0) is 35.7 Å². The van der Waals surface area contributed by atoms with E-state index in [1.807, 2.05) is 58.8 Å². The average Bonchev–Trinajstić information content (AvgIpc) is 3.22. The summed E-state index contributed by atoms with van der Waals surface area (Å²) in [5.74, 6) is 1.04. The molecule has 0 spiro atoms. The predicted molar refractivity (Wildman–Crippen MR) is 109 cm³/mol. The molecule has 1 aliphatic rings. The van der Waals surface area contributed by atoms with Gasteiger partial charge in [0, 0.05) is 41.6 Å². The zero-order chi connectivity index (χ0) is 18.6. The number of halogens is 1. The molecule has 0 unspecified atom stereocenters. The Morgan fingerprint density at radius 1 is 1.00 bits per heavy atom. The Morgan fingerprint density at radius 3 is 2.41 bits per heavy atom. The fourth-order valence-electron chi connectivity index (χ4n) is 3.13. The van der Waals surface area contributed by atoms with E-state index >= 15 is 0 Å². The van der Waals surface area contributed by atoms with Crippen molar-refractivity contribution in [3.8, 4) is 11.3 Å². The van der Waals surface area contributed by atoms with Gasteiger partial charge in [-0.15, -0.1) is 21.5 Å². The smallest absolute Gasteiger partial charge is 0.227 e. The number of thiophene rings is 1. The van der Waals surface area contributed by atoms with Gasteiger partial charge in [-0.25, -0.2) is 0 Å². The molecule has 2 aromatic heterocycles. The minimum Gasteiger partial charge on any atom is -0.352 e. The van der Waals surface area contributed by atoms with Gasteiger partial charge >= 0.3 is 0 Å². The summed E-state index contributed by atoms with van der Waals surface area (Å²) in [6.45, 7) is 2.96. The number of hydrogen-bond acceptors (Lipinski definition) is 5. The van der Waals surface area contributed by atoms with Crippen molar-refractivity contribution in [1.82, 2.24) is 15.1 Å². The van der Waals surface area contributed by atoms with Crippen molar-refractivity contribution in [2.45, 2.75) is 6.42 Å². The first-order valence-electron chi connectivity index (χ1n) is 8.84. The summed E-state index contributed by atoms with van der Waals surface area (Å²) in [5.41, 5.74) is 1.81. The summed E-state index contributed by atoms with van der Waals surface area (Å²) in [7, 11) is 0. The van der Waals surface area contributed by atoms with Crippen LogP contribution >= 0.6 is 22.9 Å². The van der Waals surface area contributed by atoms with Crippen LogP contribution in [0.4, 0.5) is 5.82 Å². The third-order valence-electron chi connectivity index (χ3n) is 4.65. The van der Waals surface area contributed by atoms with Crippen molar-refractivity contribution >= 4 is 34.7 Å². The standard InChI is InChI=1S/C20H19ClN4OS/c21-16-5-3-15(4-6-16)18-7-8-19(23-22-18)24-9-11-25(12-10-24)20(26)14-17-2-1-13-27-17/h1-8,13H,9-12,14H2. The zero-order valence-corrected chi connectivity index (χ0v) is 16.3. The van der Waals surface area contributed by atoms with E-state index in [9.17, 15) is 4.79 Å². The number of aromatic nitrogens is 2. The van der Waals surface area contributed by atoms with Crippen LogP contribution in [0.25, 0.3) is 11.3 Å². The molecule has 0 radical (unpaired) electrons. The van der Waals surface area contributed by atoms with Crippen LogP contribution in [0, 0.1) is 0 Å². The molecular weight excluding hydrogens is 380 g/mol. The maximum Gasteiger partial charge on any atom is 0.227 e. The summed E-state index contributed by atoms with van der Waals surface area (Å²) in [4.78, 5) is 17.6. The van der Waals surface area contributed by atoms with Crippen LogP contribution in [0.3, 0.4) is 0 Å². The highest BCUT2D eigenvalue weighted by Crippen LogP contribution is 2.21. The highest BCUT2D eigenvalue weighted by atomic mass is 35.5. The SMILES string of the molecule is O=C(Cc1cccs1)N1CCN(c2ccc(-c3ccc(Cl)cc3)nn2)CC1. The summed E-state index contributed by atoms with van der Waals surface area (Å²) in [5, 5.41) is 11.4. The molecule has 3 aromatic rings. The number of hydrogen-bond donors (Lipinski definition) is 0. The molecule has 1 saturated heterocycles. The molecule has 1 amide bonds. The zero-order valence-electron chi connectivity index (χ0n) is 14.7. The van der Waals surface area contributed by atoms with Gasteiger partial charge in [-0.2, -0.15) is 0 Å². The monoisotopic (exact) mass is 398 g/mol. The Hall–Kier alpha value is -2.44. The topological polar surface area (TPSA) is 49.3 Å². The summed E-state index contributed by atoms with van der Waals surface area (Å²) in [6, 6.07) is 15.5. The first-order chi connectivity index (χ1) is 13.2. The molecule has 138 valence electrons. The molecular formula is C20H19ClN4OS. The Labute approximate surface area is 167 Å². The second-order valence-electron chi connectivity index (χ2n) is 6.41. The molecule has 27 heavy (non-hydrogen) atoms. The van der Waals surface area contributed by atoms with Crippen LogP contribution in [-0.4, -0.2) is 47.2 Å². The molecule has 0 N–H and O–H groups in total. The van der Waals surface area contributed by atoms with Crippen molar-refractivity contribution in [1.29, 1.82) is 0 Å². The Bertz CT molecular complexity index is 889. The molecule has 3 heterocycles. The summed E-state index contributed by atoms with van der Waals surface area (Å²) >= 11 is 7.56. The van der Waals surface area contributed by atoms with Gasteiger partial charge in [0.15, 0.2) is 5.82 Å². The van der Waals surface area contributed by atoms with Crippen molar-refractivity contribution in [2.24, 2.45) is 0 Å². The van der Waals surface area contributed by atoms with Crippen LogP contribution in [0.5, 0.6) is 0 Å². The van der Waals surface area contributed by atoms with Crippen LogP contribution in [0.2, 0.25) is 5.02 Å². The van der Waals surface area contributed by atoms with Gasteiger partial charge in [-0.1, -0.05) is 29.8 Å². The van der Waals surface area contributed by atoms with Crippen LogP contribution in [0.15, 0.2) is 53.9 Å². The van der Waals surface area contributed by atoms with E-state index in [0.29, 0.717) is 24.5 Å². The van der Waals surface area contributed by atoms with Crippen LogP contribution < -0.4 is 4.90 Å². The maximum absolute atomic E-state index is 12.4. The lowest BCUT2D eigenvalue weighted by Crippen LogP contribution is -2.49. The molecule has 7 heteroatoms. The number of rotatable bonds is 4. The number of piperazine rings is 1. The number of amides is 1. The molecule has 0 saturated carbocycles.